The Labute approximate surface area is 114 Å². The monoisotopic (exact) mass is 283 g/mol. The molecule has 0 aromatic heterocycles. The summed E-state index contributed by atoms with van der Waals surface area (Å²) in [5.74, 6) is -0.662. The molecule has 1 aliphatic heterocycles. The van der Waals surface area contributed by atoms with E-state index in [9.17, 15) is 19.3 Å². The van der Waals surface area contributed by atoms with E-state index in [1.54, 1.807) is 0 Å². The van der Waals surface area contributed by atoms with E-state index in [0.29, 0.717) is 19.5 Å². The number of ether oxygens (including phenoxy) is 1. The fourth-order valence-corrected chi connectivity index (χ4v) is 2.17. The molecule has 1 amide bonds. The number of amides is 1. The van der Waals surface area contributed by atoms with Crippen LogP contribution in [0.2, 0.25) is 0 Å². The number of carbonyl (C=O) groups is 1. The van der Waals surface area contributed by atoms with Gasteiger partial charge in [0.2, 0.25) is 0 Å². The fourth-order valence-electron chi connectivity index (χ4n) is 2.17. The molecule has 0 bridgehead atoms. The summed E-state index contributed by atoms with van der Waals surface area (Å²) in [6, 6.07) is 3.23. The van der Waals surface area contributed by atoms with Crippen LogP contribution in [0.15, 0.2) is 18.2 Å². The number of nitrogens with one attached hydrogen (secondary N) is 1. The van der Waals surface area contributed by atoms with Gasteiger partial charge in [0.25, 0.3) is 5.69 Å². The van der Waals surface area contributed by atoms with Crippen LogP contribution >= 0.6 is 0 Å². The van der Waals surface area contributed by atoms with E-state index in [4.69, 9.17) is 0 Å². The summed E-state index contributed by atoms with van der Waals surface area (Å²) >= 11 is 0. The molecule has 1 unspecified atom stereocenters. The van der Waals surface area contributed by atoms with Crippen LogP contribution in [-0.2, 0) is 4.74 Å². The summed E-state index contributed by atoms with van der Waals surface area (Å²) in [7, 11) is 1.30. The van der Waals surface area contributed by atoms with Crippen molar-refractivity contribution < 1.29 is 18.8 Å². The maximum Gasteiger partial charge on any atom is 0.409 e. The van der Waals surface area contributed by atoms with Gasteiger partial charge in [-0.2, -0.15) is 0 Å². The van der Waals surface area contributed by atoms with Crippen molar-refractivity contribution in [2.75, 3.05) is 25.5 Å². The van der Waals surface area contributed by atoms with Crippen molar-refractivity contribution in [2.45, 2.75) is 12.5 Å². The topological polar surface area (TPSA) is 84.7 Å². The summed E-state index contributed by atoms with van der Waals surface area (Å²) < 4.78 is 17.6. The Bertz CT molecular complexity index is 537. The number of benzene rings is 1. The third-order valence-corrected chi connectivity index (χ3v) is 3.14. The lowest BCUT2D eigenvalue weighted by atomic mass is 10.2. The zero-order valence-corrected chi connectivity index (χ0v) is 10.8. The van der Waals surface area contributed by atoms with Gasteiger partial charge in [0.05, 0.1) is 18.1 Å². The average molecular weight is 283 g/mol. The Morgan fingerprint density at radius 3 is 3.00 bits per heavy atom. The summed E-state index contributed by atoms with van der Waals surface area (Å²) in [4.78, 5) is 23.1. The first-order valence-corrected chi connectivity index (χ1v) is 6.04. The van der Waals surface area contributed by atoms with E-state index in [1.165, 1.54) is 18.1 Å². The summed E-state index contributed by atoms with van der Waals surface area (Å²) in [6.45, 7) is 0.903. The molecule has 1 saturated heterocycles. The van der Waals surface area contributed by atoms with Gasteiger partial charge >= 0.3 is 6.09 Å². The molecule has 8 heteroatoms. The van der Waals surface area contributed by atoms with Crippen LogP contribution in [0.4, 0.5) is 20.6 Å². The SMILES string of the molecule is COC(=O)N1CCC(Nc2ccc(F)cc2[N+](=O)[O-])C1. The molecule has 1 aliphatic rings. The standard InChI is InChI=1S/C12H14FN3O4/c1-20-12(17)15-5-4-9(7-15)14-10-3-2-8(13)6-11(10)16(18)19/h2-3,6,9,14H,4-5,7H2,1H3. The second kappa shape index (κ2) is 5.72. The number of hydrogen-bond donors (Lipinski definition) is 1. The molecule has 1 N–H and O–H groups in total. The fraction of sp³-hybridized carbons (Fsp3) is 0.417. The highest BCUT2D eigenvalue weighted by Crippen LogP contribution is 2.27. The molecule has 0 spiro atoms. The van der Waals surface area contributed by atoms with Crippen LogP contribution in [-0.4, -0.2) is 42.2 Å². The van der Waals surface area contributed by atoms with E-state index in [0.717, 1.165) is 12.1 Å². The Balaban J connectivity index is 2.08. The van der Waals surface area contributed by atoms with Gasteiger partial charge in [-0.05, 0) is 18.6 Å². The van der Waals surface area contributed by atoms with Crippen molar-refractivity contribution in [3.8, 4) is 0 Å². The number of anilines is 1. The minimum absolute atomic E-state index is 0.127. The molecule has 1 aromatic carbocycles. The number of hydrogen-bond acceptors (Lipinski definition) is 5. The number of nitrogens with zero attached hydrogens (tertiary/aromatic N) is 2. The first kappa shape index (κ1) is 14.0. The van der Waals surface area contributed by atoms with Gasteiger partial charge in [-0.1, -0.05) is 0 Å². The van der Waals surface area contributed by atoms with E-state index < -0.39 is 16.8 Å². The van der Waals surface area contributed by atoms with Crippen LogP contribution in [0, 0.1) is 15.9 Å². The zero-order valence-electron chi connectivity index (χ0n) is 10.8. The van der Waals surface area contributed by atoms with Gasteiger partial charge < -0.3 is 15.0 Å². The average Bonchev–Trinajstić information content (AvgIpc) is 2.88. The molecular weight excluding hydrogens is 269 g/mol. The minimum Gasteiger partial charge on any atom is -0.453 e. The Kier molecular flexibility index (Phi) is 4.02. The van der Waals surface area contributed by atoms with Gasteiger partial charge in [0, 0.05) is 19.1 Å². The van der Waals surface area contributed by atoms with Crippen molar-refractivity contribution in [1.82, 2.24) is 4.90 Å². The van der Waals surface area contributed by atoms with Crippen molar-refractivity contribution in [2.24, 2.45) is 0 Å². The molecule has 20 heavy (non-hydrogen) atoms. The van der Waals surface area contributed by atoms with E-state index in [-0.39, 0.29) is 17.4 Å². The van der Waals surface area contributed by atoms with Crippen molar-refractivity contribution in [3.63, 3.8) is 0 Å². The molecular formula is C12H14FN3O4. The van der Waals surface area contributed by atoms with Gasteiger partial charge in [-0.15, -0.1) is 0 Å². The second-order valence-electron chi connectivity index (χ2n) is 4.46. The predicted molar refractivity (Wildman–Crippen MR) is 69.1 cm³/mol. The highest BCUT2D eigenvalue weighted by atomic mass is 19.1. The largest absolute Gasteiger partial charge is 0.453 e. The van der Waals surface area contributed by atoms with Gasteiger partial charge in [-0.25, -0.2) is 9.18 Å². The van der Waals surface area contributed by atoms with Crippen LogP contribution in [0.5, 0.6) is 0 Å². The molecule has 0 saturated carbocycles. The first-order chi connectivity index (χ1) is 9.51. The number of halogens is 1. The second-order valence-corrected chi connectivity index (χ2v) is 4.46. The van der Waals surface area contributed by atoms with Gasteiger partial charge in [-0.3, -0.25) is 10.1 Å². The lowest BCUT2D eigenvalue weighted by Crippen LogP contribution is -2.31. The van der Waals surface area contributed by atoms with Crippen molar-refractivity contribution >= 4 is 17.5 Å². The number of methoxy groups -OCH3 is 1. The zero-order chi connectivity index (χ0) is 14.7. The summed E-state index contributed by atoms with van der Waals surface area (Å²) in [5.41, 5.74) is -0.0744. The van der Waals surface area contributed by atoms with E-state index >= 15 is 0 Å². The molecule has 108 valence electrons. The van der Waals surface area contributed by atoms with E-state index in [2.05, 4.69) is 10.1 Å². The molecule has 0 aliphatic carbocycles. The number of carbonyl (C=O) groups excluding carboxylic acids is 1. The number of nitro groups is 1. The molecule has 2 rings (SSSR count). The van der Waals surface area contributed by atoms with Crippen LogP contribution in [0.3, 0.4) is 0 Å². The predicted octanol–water partition coefficient (Wildman–Crippen LogP) is 1.99. The highest BCUT2D eigenvalue weighted by molar-refractivity contribution is 5.68. The smallest absolute Gasteiger partial charge is 0.409 e. The van der Waals surface area contributed by atoms with Crippen molar-refractivity contribution in [3.05, 3.63) is 34.1 Å². The summed E-state index contributed by atoms with van der Waals surface area (Å²) in [5, 5.41) is 13.9. The van der Waals surface area contributed by atoms with Crippen LogP contribution < -0.4 is 5.32 Å². The maximum atomic E-state index is 13.0. The Morgan fingerprint density at radius 1 is 1.60 bits per heavy atom. The number of rotatable bonds is 3. The highest BCUT2D eigenvalue weighted by Gasteiger charge is 2.28. The van der Waals surface area contributed by atoms with Crippen LogP contribution in [0.25, 0.3) is 0 Å². The lowest BCUT2D eigenvalue weighted by molar-refractivity contribution is -0.384. The molecule has 0 radical (unpaired) electrons. The lowest BCUT2D eigenvalue weighted by Gasteiger charge is -2.16. The third kappa shape index (κ3) is 2.95. The molecule has 1 atom stereocenters. The third-order valence-electron chi connectivity index (χ3n) is 3.14. The van der Waals surface area contributed by atoms with Crippen LogP contribution in [0.1, 0.15) is 6.42 Å². The van der Waals surface area contributed by atoms with E-state index in [1.807, 2.05) is 0 Å². The Morgan fingerprint density at radius 2 is 2.35 bits per heavy atom. The summed E-state index contributed by atoms with van der Waals surface area (Å²) in [6.07, 6.45) is 0.215. The normalized spacial score (nSPS) is 17.9. The number of nitro benzene ring substituents is 1. The molecule has 1 fully saturated rings. The van der Waals surface area contributed by atoms with Gasteiger partial charge in [0.1, 0.15) is 11.5 Å². The minimum atomic E-state index is -0.662. The Hall–Kier alpha value is -2.38. The quantitative estimate of drug-likeness (QED) is 0.677. The first-order valence-electron chi connectivity index (χ1n) is 6.04. The molecule has 1 heterocycles. The maximum absolute atomic E-state index is 13.0. The van der Waals surface area contributed by atoms with Crippen molar-refractivity contribution in [1.29, 1.82) is 0 Å². The number of likely N-dealkylation sites (tertiary alicyclic amines) is 1. The molecule has 7 nitrogen and oxygen atoms in total. The van der Waals surface area contributed by atoms with Gasteiger partial charge in [0.15, 0.2) is 0 Å². The molecule has 1 aromatic rings.